The van der Waals surface area contributed by atoms with Gasteiger partial charge in [-0.1, -0.05) is 0 Å². The van der Waals surface area contributed by atoms with Gasteiger partial charge in [0, 0.05) is 26.3 Å². The van der Waals surface area contributed by atoms with E-state index in [2.05, 4.69) is 10.4 Å². The SMILES string of the molecule is COCCN(CCO)c1nc(NN)ccc1[N+](=O)[O-]. The molecule has 0 aromatic carbocycles. The van der Waals surface area contributed by atoms with Gasteiger partial charge in [-0.25, -0.2) is 10.8 Å². The van der Waals surface area contributed by atoms with Crippen molar-refractivity contribution in [2.45, 2.75) is 0 Å². The van der Waals surface area contributed by atoms with E-state index in [0.29, 0.717) is 19.0 Å². The van der Waals surface area contributed by atoms with Crippen LogP contribution in [-0.2, 0) is 4.74 Å². The van der Waals surface area contributed by atoms with Crippen LogP contribution < -0.4 is 16.2 Å². The number of methoxy groups -OCH3 is 1. The molecule has 4 N–H and O–H groups in total. The van der Waals surface area contributed by atoms with Crippen molar-refractivity contribution in [1.29, 1.82) is 0 Å². The summed E-state index contributed by atoms with van der Waals surface area (Å²) in [5.74, 6) is 5.70. The van der Waals surface area contributed by atoms with E-state index in [4.69, 9.17) is 15.7 Å². The highest BCUT2D eigenvalue weighted by Gasteiger charge is 2.21. The van der Waals surface area contributed by atoms with E-state index >= 15 is 0 Å². The first kappa shape index (κ1) is 15.1. The molecule has 0 amide bonds. The lowest BCUT2D eigenvalue weighted by atomic mass is 10.3. The molecule has 1 aromatic rings. The number of anilines is 2. The van der Waals surface area contributed by atoms with Crippen LogP contribution >= 0.6 is 0 Å². The number of nitrogens with one attached hydrogen (secondary N) is 1. The van der Waals surface area contributed by atoms with Crippen LogP contribution in [0.15, 0.2) is 12.1 Å². The normalized spacial score (nSPS) is 10.3. The summed E-state index contributed by atoms with van der Waals surface area (Å²) in [4.78, 5) is 16.1. The Morgan fingerprint density at radius 1 is 1.58 bits per heavy atom. The average molecular weight is 271 g/mol. The lowest BCUT2D eigenvalue weighted by Crippen LogP contribution is -2.31. The molecule has 0 radical (unpaired) electrons. The first-order valence-electron chi connectivity index (χ1n) is 5.60. The number of rotatable bonds is 8. The molecular weight excluding hydrogens is 254 g/mol. The zero-order valence-corrected chi connectivity index (χ0v) is 10.6. The second kappa shape index (κ2) is 7.46. The third-order valence-corrected chi connectivity index (χ3v) is 2.43. The van der Waals surface area contributed by atoms with Gasteiger partial charge in [-0.2, -0.15) is 0 Å². The Kier molecular flexibility index (Phi) is 5.93. The molecule has 0 saturated heterocycles. The molecule has 1 heterocycles. The number of ether oxygens (including phenoxy) is 1. The van der Waals surface area contributed by atoms with Gasteiger partial charge in [0.1, 0.15) is 5.82 Å². The van der Waals surface area contributed by atoms with E-state index in [-0.39, 0.29) is 24.7 Å². The minimum Gasteiger partial charge on any atom is -0.395 e. The van der Waals surface area contributed by atoms with Crippen molar-refractivity contribution >= 4 is 17.3 Å². The molecule has 0 saturated carbocycles. The monoisotopic (exact) mass is 271 g/mol. The number of hydrogen-bond acceptors (Lipinski definition) is 8. The average Bonchev–Trinajstić information content (AvgIpc) is 2.42. The number of nitrogens with two attached hydrogens (primary N) is 1. The highest BCUT2D eigenvalue weighted by atomic mass is 16.6. The maximum absolute atomic E-state index is 11.0. The molecule has 19 heavy (non-hydrogen) atoms. The molecule has 0 aliphatic rings. The molecule has 0 bridgehead atoms. The molecule has 106 valence electrons. The Bertz CT molecular complexity index is 428. The predicted octanol–water partition coefficient (Wildman–Crippen LogP) is -0.279. The standard InChI is InChI=1S/C10H17N5O4/c1-19-7-5-14(4-6-16)10-8(15(17)18)2-3-9(12-10)13-11/h2-3,16H,4-7,11H2,1H3,(H,12,13). The van der Waals surface area contributed by atoms with Crippen molar-refractivity contribution in [2.24, 2.45) is 5.84 Å². The van der Waals surface area contributed by atoms with E-state index in [0.717, 1.165) is 0 Å². The van der Waals surface area contributed by atoms with Gasteiger partial charge in [-0.3, -0.25) is 10.1 Å². The summed E-state index contributed by atoms with van der Waals surface area (Å²) in [6.45, 7) is 0.798. The predicted molar refractivity (Wildman–Crippen MR) is 69.9 cm³/mol. The fourth-order valence-corrected chi connectivity index (χ4v) is 1.54. The molecule has 0 unspecified atom stereocenters. The second-order valence-corrected chi connectivity index (χ2v) is 3.64. The molecule has 1 rings (SSSR count). The van der Waals surface area contributed by atoms with Crippen molar-refractivity contribution in [2.75, 3.05) is 43.7 Å². The summed E-state index contributed by atoms with van der Waals surface area (Å²) in [6, 6.07) is 2.73. The van der Waals surface area contributed by atoms with Crippen LogP contribution in [0.3, 0.4) is 0 Å². The van der Waals surface area contributed by atoms with E-state index < -0.39 is 4.92 Å². The molecule has 0 atom stereocenters. The molecule has 0 fully saturated rings. The Morgan fingerprint density at radius 3 is 2.84 bits per heavy atom. The number of nitrogen functional groups attached to an aromatic ring is 1. The summed E-state index contributed by atoms with van der Waals surface area (Å²) in [5, 5.41) is 20.0. The maximum Gasteiger partial charge on any atom is 0.311 e. The molecule has 0 spiro atoms. The molecule has 0 aliphatic heterocycles. The van der Waals surface area contributed by atoms with Crippen LogP contribution in [0.25, 0.3) is 0 Å². The van der Waals surface area contributed by atoms with Crippen LogP contribution in [0.4, 0.5) is 17.3 Å². The number of aliphatic hydroxyl groups is 1. The van der Waals surface area contributed by atoms with Crippen LogP contribution in [0.1, 0.15) is 0 Å². The maximum atomic E-state index is 11.0. The van der Waals surface area contributed by atoms with Gasteiger partial charge in [0.25, 0.3) is 0 Å². The minimum atomic E-state index is -0.528. The van der Waals surface area contributed by atoms with Crippen LogP contribution in [0.5, 0.6) is 0 Å². The third-order valence-electron chi connectivity index (χ3n) is 2.43. The van der Waals surface area contributed by atoms with E-state index in [1.165, 1.54) is 19.2 Å². The number of nitro groups is 1. The number of aromatic nitrogens is 1. The fraction of sp³-hybridized carbons (Fsp3) is 0.500. The molecular formula is C10H17N5O4. The lowest BCUT2D eigenvalue weighted by Gasteiger charge is -2.22. The third kappa shape index (κ3) is 4.02. The van der Waals surface area contributed by atoms with Crippen molar-refractivity contribution in [3.63, 3.8) is 0 Å². The first-order valence-corrected chi connectivity index (χ1v) is 5.60. The summed E-state index contributed by atoms with van der Waals surface area (Å²) in [5.41, 5.74) is 2.18. The fourth-order valence-electron chi connectivity index (χ4n) is 1.54. The highest BCUT2D eigenvalue weighted by molar-refractivity contribution is 5.61. The van der Waals surface area contributed by atoms with Crippen molar-refractivity contribution in [3.05, 3.63) is 22.2 Å². The largest absolute Gasteiger partial charge is 0.395 e. The topological polar surface area (TPSA) is 127 Å². The zero-order chi connectivity index (χ0) is 14.3. The number of hydrogen-bond donors (Lipinski definition) is 3. The molecule has 0 aliphatic carbocycles. The van der Waals surface area contributed by atoms with Crippen molar-refractivity contribution in [1.82, 2.24) is 4.98 Å². The molecule has 9 nitrogen and oxygen atoms in total. The summed E-state index contributed by atoms with van der Waals surface area (Å²) < 4.78 is 4.94. The quantitative estimate of drug-likeness (QED) is 0.335. The van der Waals surface area contributed by atoms with Gasteiger partial charge < -0.3 is 20.2 Å². The number of pyridine rings is 1. The summed E-state index contributed by atoms with van der Waals surface area (Å²) >= 11 is 0. The van der Waals surface area contributed by atoms with Gasteiger partial charge in [0.15, 0.2) is 0 Å². The van der Waals surface area contributed by atoms with E-state index in [1.807, 2.05) is 0 Å². The Morgan fingerprint density at radius 2 is 2.32 bits per heavy atom. The number of nitrogens with zero attached hydrogens (tertiary/aromatic N) is 3. The molecule has 9 heteroatoms. The van der Waals surface area contributed by atoms with E-state index in [9.17, 15) is 10.1 Å². The molecule has 1 aromatic heterocycles. The highest BCUT2D eigenvalue weighted by Crippen LogP contribution is 2.27. The summed E-state index contributed by atoms with van der Waals surface area (Å²) in [7, 11) is 1.52. The lowest BCUT2D eigenvalue weighted by molar-refractivity contribution is -0.384. The smallest absolute Gasteiger partial charge is 0.311 e. The van der Waals surface area contributed by atoms with Crippen molar-refractivity contribution < 1.29 is 14.8 Å². The van der Waals surface area contributed by atoms with E-state index in [1.54, 1.807) is 4.90 Å². The zero-order valence-electron chi connectivity index (χ0n) is 10.6. The number of hydrazine groups is 1. The van der Waals surface area contributed by atoms with Gasteiger partial charge in [-0.15, -0.1) is 0 Å². The Balaban J connectivity index is 3.12. The van der Waals surface area contributed by atoms with Crippen LogP contribution in [0.2, 0.25) is 0 Å². The van der Waals surface area contributed by atoms with Gasteiger partial charge in [0.2, 0.25) is 5.82 Å². The Labute approximate surface area is 110 Å². The summed E-state index contributed by atoms with van der Waals surface area (Å²) in [6.07, 6.45) is 0. The number of aliphatic hydroxyl groups excluding tert-OH is 1. The van der Waals surface area contributed by atoms with Crippen molar-refractivity contribution in [3.8, 4) is 0 Å². The van der Waals surface area contributed by atoms with Crippen LogP contribution in [-0.4, -0.2) is 48.4 Å². The minimum absolute atomic E-state index is 0.145. The Hall–Kier alpha value is -1.97. The van der Waals surface area contributed by atoms with Crippen LogP contribution in [0, 0.1) is 10.1 Å². The van der Waals surface area contributed by atoms with Gasteiger partial charge in [-0.05, 0) is 6.07 Å². The first-order chi connectivity index (χ1) is 9.13. The van der Waals surface area contributed by atoms with Gasteiger partial charge in [0.05, 0.1) is 18.1 Å². The van der Waals surface area contributed by atoms with Gasteiger partial charge >= 0.3 is 5.69 Å². The second-order valence-electron chi connectivity index (χ2n) is 3.64.